The van der Waals surface area contributed by atoms with E-state index in [1.807, 2.05) is 6.92 Å². The van der Waals surface area contributed by atoms with Gasteiger partial charge in [-0.1, -0.05) is 15.9 Å². The zero-order valence-electron chi connectivity index (χ0n) is 8.60. The van der Waals surface area contributed by atoms with Crippen LogP contribution in [-0.2, 0) is 0 Å². The first-order valence-electron chi connectivity index (χ1n) is 6.09. The molecule has 6 fully saturated rings. The lowest BCUT2D eigenvalue weighted by molar-refractivity contribution is -0.0700. The molecule has 6 bridgehead atoms. The zero-order chi connectivity index (χ0) is 10.3. The normalized spacial score (nSPS) is 85.6. The van der Waals surface area contributed by atoms with Gasteiger partial charge in [0, 0.05) is 10.7 Å². The third-order valence-corrected chi connectivity index (χ3v) is 8.13. The Bertz CT molecular complexity index is 393. The SMILES string of the molecule is C[C@@]1(O)[C@H]2[C@H]3C[C@H]4[C@H]5[C@@H]3[C@H]1[C@](O)([C@@H]42)[C@@H]5Br. The van der Waals surface area contributed by atoms with E-state index < -0.39 is 11.2 Å². The fourth-order valence-electron chi connectivity index (χ4n) is 7.06. The number of rotatable bonds is 0. The van der Waals surface area contributed by atoms with Crippen LogP contribution in [0.2, 0.25) is 0 Å². The molecule has 6 rings (SSSR count). The number of aliphatic hydroxyl groups is 2. The van der Waals surface area contributed by atoms with Gasteiger partial charge in [0.15, 0.2) is 0 Å². The Balaban J connectivity index is 1.88. The van der Waals surface area contributed by atoms with Gasteiger partial charge in [-0.3, -0.25) is 0 Å². The summed E-state index contributed by atoms with van der Waals surface area (Å²) in [5.74, 6) is 3.70. The van der Waals surface area contributed by atoms with Crippen LogP contribution >= 0.6 is 15.9 Å². The van der Waals surface area contributed by atoms with Gasteiger partial charge in [-0.15, -0.1) is 0 Å². The molecule has 0 aromatic rings. The van der Waals surface area contributed by atoms with Crippen molar-refractivity contribution in [2.45, 2.75) is 29.4 Å². The lowest BCUT2D eigenvalue weighted by Gasteiger charge is -2.38. The van der Waals surface area contributed by atoms with Crippen LogP contribution < -0.4 is 0 Å². The molecule has 3 heteroatoms. The third kappa shape index (κ3) is 0.502. The average Bonchev–Trinajstić information content (AvgIpc) is 2.81. The maximum atomic E-state index is 10.9. The lowest BCUT2D eigenvalue weighted by atomic mass is 9.69. The molecule has 2 nitrogen and oxygen atoms in total. The minimum atomic E-state index is -0.583. The van der Waals surface area contributed by atoms with Crippen molar-refractivity contribution in [3.05, 3.63) is 0 Å². The molecule has 2 N–H and O–H groups in total. The van der Waals surface area contributed by atoms with Gasteiger partial charge < -0.3 is 10.2 Å². The van der Waals surface area contributed by atoms with E-state index in [1.165, 1.54) is 6.42 Å². The molecule has 6 saturated carbocycles. The number of hydrogen-bond acceptors (Lipinski definition) is 2. The topological polar surface area (TPSA) is 40.5 Å². The maximum absolute atomic E-state index is 10.9. The average molecular weight is 271 g/mol. The molecule has 0 aromatic heterocycles. The van der Waals surface area contributed by atoms with Gasteiger partial charge in [-0.2, -0.15) is 0 Å². The standard InChI is InChI=1S/C12H15BrO2/c1-11(14)7-3-2-4-6-5(3)9(11)12(15,8(4)7)10(6)13/h3-10,14-15H,2H2,1H3/t3-,4-,5+,6-,7-,8-,9+,10+,11+,12+/m0/s1. The highest BCUT2D eigenvalue weighted by atomic mass is 79.9. The Labute approximate surface area is 97.2 Å². The molecule has 0 saturated heterocycles. The van der Waals surface area contributed by atoms with Crippen LogP contribution in [-0.4, -0.2) is 26.2 Å². The van der Waals surface area contributed by atoms with E-state index in [1.54, 1.807) is 0 Å². The number of alkyl halides is 1. The Morgan fingerprint density at radius 1 is 1.13 bits per heavy atom. The summed E-state index contributed by atoms with van der Waals surface area (Å²) in [6.45, 7) is 1.98. The minimum Gasteiger partial charge on any atom is -0.389 e. The predicted octanol–water partition coefficient (Wildman–Crippen LogP) is 1.00. The fourth-order valence-corrected chi connectivity index (χ4v) is 8.39. The second-order valence-electron chi connectivity index (χ2n) is 6.76. The highest BCUT2D eigenvalue weighted by molar-refractivity contribution is 9.09. The van der Waals surface area contributed by atoms with Crippen molar-refractivity contribution in [2.75, 3.05) is 0 Å². The molecule has 0 radical (unpaired) electrons. The summed E-state index contributed by atoms with van der Waals surface area (Å²) in [7, 11) is 0. The van der Waals surface area contributed by atoms with Gasteiger partial charge >= 0.3 is 0 Å². The Morgan fingerprint density at radius 3 is 2.47 bits per heavy atom. The molecule has 0 heterocycles. The van der Waals surface area contributed by atoms with Crippen molar-refractivity contribution < 1.29 is 10.2 Å². The van der Waals surface area contributed by atoms with E-state index in [4.69, 9.17) is 0 Å². The van der Waals surface area contributed by atoms with E-state index in [0.717, 1.165) is 5.92 Å². The summed E-state index contributed by atoms with van der Waals surface area (Å²) in [6.07, 6.45) is 1.28. The molecule has 10 atom stereocenters. The Morgan fingerprint density at radius 2 is 1.80 bits per heavy atom. The third-order valence-electron chi connectivity index (χ3n) is 6.79. The molecule has 0 unspecified atom stereocenters. The fraction of sp³-hybridized carbons (Fsp3) is 1.00. The van der Waals surface area contributed by atoms with Gasteiger partial charge in [0.1, 0.15) is 0 Å². The van der Waals surface area contributed by atoms with Crippen LogP contribution in [0.25, 0.3) is 0 Å². The monoisotopic (exact) mass is 270 g/mol. The van der Waals surface area contributed by atoms with Gasteiger partial charge in [0.05, 0.1) is 11.2 Å². The molecular weight excluding hydrogens is 256 g/mol. The molecule has 0 amide bonds. The van der Waals surface area contributed by atoms with Crippen LogP contribution in [0.15, 0.2) is 0 Å². The van der Waals surface area contributed by atoms with E-state index in [-0.39, 0.29) is 10.7 Å². The summed E-state index contributed by atoms with van der Waals surface area (Å²) in [5, 5.41) is 21.6. The van der Waals surface area contributed by atoms with Crippen LogP contribution in [0.5, 0.6) is 0 Å². The molecule has 15 heavy (non-hydrogen) atoms. The zero-order valence-corrected chi connectivity index (χ0v) is 10.2. The van der Waals surface area contributed by atoms with E-state index in [9.17, 15) is 10.2 Å². The molecule has 6 aliphatic carbocycles. The Hall–Kier alpha value is 0.400. The minimum absolute atomic E-state index is 0.165. The maximum Gasteiger partial charge on any atom is 0.0867 e. The van der Waals surface area contributed by atoms with Crippen molar-refractivity contribution in [3.63, 3.8) is 0 Å². The van der Waals surface area contributed by atoms with Gasteiger partial charge in [0.25, 0.3) is 0 Å². The molecule has 0 aliphatic heterocycles. The molecule has 0 spiro atoms. The molecule has 82 valence electrons. The highest BCUT2D eigenvalue weighted by Crippen LogP contribution is 2.87. The summed E-state index contributed by atoms with van der Waals surface area (Å²) in [6, 6.07) is 0. The smallest absolute Gasteiger partial charge is 0.0867 e. The summed E-state index contributed by atoms with van der Waals surface area (Å²) < 4.78 is 0. The van der Waals surface area contributed by atoms with Crippen molar-refractivity contribution in [2.24, 2.45) is 41.4 Å². The van der Waals surface area contributed by atoms with Crippen molar-refractivity contribution in [1.82, 2.24) is 0 Å². The van der Waals surface area contributed by atoms with E-state index in [0.29, 0.717) is 29.6 Å². The van der Waals surface area contributed by atoms with Crippen LogP contribution in [0.3, 0.4) is 0 Å². The van der Waals surface area contributed by atoms with Gasteiger partial charge in [0.2, 0.25) is 0 Å². The number of halogens is 1. The first kappa shape index (κ1) is 8.48. The first-order chi connectivity index (χ1) is 7.00. The Kier molecular flexibility index (Phi) is 1.05. The highest BCUT2D eigenvalue weighted by Gasteiger charge is 2.91. The first-order valence-corrected chi connectivity index (χ1v) is 7.01. The number of hydrogen-bond donors (Lipinski definition) is 2. The van der Waals surface area contributed by atoms with Gasteiger partial charge in [-0.05, 0) is 48.9 Å². The second kappa shape index (κ2) is 1.85. The van der Waals surface area contributed by atoms with Crippen LogP contribution in [0.4, 0.5) is 0 Å². The van der Waals surface area contributed by atoms with Crippen molar-refractivity contribution in [3.8, 4) is 0 Å². The molecule has 6 aliphatic rings. The predicted molar refractivity (Wildman–Crippen MR) is 57.3 cm³/mol. The summed E-state index contributed by atoms with van der Waals surface area (Å²) >= 11 is 3.73. The largest absolute Gasteiger partial charge is 0.389 e. The summed E-state index contributed by atoms with van der Waals surface area (Å²) in [4.78, 5) is 0.263. The summed E-state index contributed by atoms with van der Waals surface area (Å²) in [5.41, 5.74) is -1.15. The van der Waals surface area contributed by atoms with Crippen molar-refractivity contribution in [1.29, 1.82) is 0 Å². The van der Waals surface area contributed by atoms with Crippen LogP contribution in [0, 0.1) is 41.4 Å². The van der Waals surface area contributed by atoms with E-state index >= 15 is 0 Å². The second-order valence-corrected chi connectivity index (χ2v) is 7.75. The molecule has 0 aromatic carbocycles. The van der Waals surface area contributed by atoms with E-state index in [2.05, 4.69) is 15.9 Å². The molecular formula is C12H15BrO2. The van der Waals surface area contributed by atoms with Gasteiger partial charge in [-0.25, -0.2) is 0 Å². The van der Waals surface area contributed by atoms with Crippen LogP contribution in [0.1, 0.15) is 13.3 Å². The lowest BCUT2D eigenvalue weighted by Crippen LogP contribution is -2.47. The van der Waals surface area contributed by atoms with Crippen molar-refractivity contribution >= 4 is 15.9 Å². The quantitative estimate of drug-likeness (QED) is 0.645.